The van der Waals surface area contributed by atoms with Gasteiger partial charge in [0.15, 0.2) is 12.4 Å². The average molecular weight is 1310 g/mol. The molecule has 93 heavy (non-hydrogen) atoms. The van der Waals surface area contributed by atoms with Gasteiger partial charge >= 0.3 is 11.9 Å². The summed E-state index contributed by atoms with van der Waals surface area (Å²) in [6, 6.07) is 0. The highest BCUT2D eigenvalue weighted by atomic mass is 16.7. The van der Waals surface area contributed by atoms with Gasteiger partial charge in [0.05, 0.1) is 40.3 Å². The van der Waals surface area contributed by atoms with Crippen LogP contribution in [0.3, 0.4) is 0 Å². The van der Waals surface area contributed by atoms with E-state index in [9.17, 15) is 19.5 Å². The van der Waals surface area contributed by atoms with Gasteiger partial charge in [-0.3, -0.25) is 9.59 Å². The predicted molar refractivity (Wildman–Crippen MR) is 399 cm³/mol. The Hall–Kier alpha value is -2.23. The number of carbonyl (C=O) groups is 3. The third-order valence-corrected chi connectivity index (χ3v) is 19.2. The maximum absolute atomic E-state index is 13.0. The van der Waals surface area contributed by atoms with E-state index < -0.39 is 24.3 Å². The van der Waals surface area contributed by atoms with Gasteiger partial charge in [0.25, 0.3) is 0 Å². The molecule has 0 aliphatic heterocycles. The van der Waals surface area contributed by atoms with Crippen LogP contribution in [0.15, 0.2) is 24.3 Å². The Bertz CT molecular complexity index is 1580. The number of unbranched alkanes of at least 4 members (excludes halogenated alkanes) is 60. The van der Waals surface area contributed by atoms with Crippen molar-refractivity contribution in [1.82, 2.24) is 0 Å². The first-order valence-electron chi connectivity index (χ1n) is 41.5. The molecule has 0 spiro atoms. The minimum atomic E-state index is -1.62. The fraction of sp³-hybridized carbons (Fsp3) is 0.917. The summed E-state index contributed by atoms with van der Waals surface area (Å²) in [6.45, 7) is 4.83. The molecule has 0 aliphatic carbocycles. The SMILES string of the molecule is CCCCCCC/C=C\C/C=C\CCCCCCCCCCCCCCCCCCCCCCCCCCCCCC(=O)OC(COC(=O)CCCCCCCCCCCCCCCCCCCCCCCCCCCCCCC)COC(OCC[N+](C)(C)C)C(=O)[O-]. The van der Waals surface area contributed by atoms with Crippen LogP contribution in [0.4, 0.5) is 0 Å². The lowest BCUT2D eigenvalue weighted by Gasteiger charge is -2.26. The van der Waals surface area contributed by atoms with Crippen molar-refractivity contribution in [2.24, 2.45) is 0 Å². The maximum Gasteiger partial charge on any atom is 0.306 e. The second-order valence-electron chi connectivity index (χ2n) is 29.8. The number of carboxylic acids is 1. The van der Waals surface area contributed by atoms with Crippen molar-refractivity contribution in [2.75, 3.05) is 47.5 Å². The Morgan fingerprint density at radius 3 is 0.849 bits per heavy atom. The van der Waals surface area contributed by atoms with E-state index in [1.165, 1.54) is 366 Å². The van der Waals surface area contributed by atoms with Gasteiger partial charge in [-0.25, -0.2) is 0 Å². The fourth-order valence-electron chi connectivity index (χ4n) is 12.9. The first kappa shape index (κ1) is 90.8. The van der Waals surface area contributed by atoms with Crippen molar-refractivity contribution in [3.05, 3.63) is 24.3 Å². The number of allylic oxidation sites excluding steroid dienone is 4. The zero-order valence-electron chi connectivity index (χ0n) is 63.2. The molecule has 0 saturated heterocycles. The highest BCUT2D eigenvalue weighted by molar-refractivity contribution is 5.70. The molecule has 0 aliphatic rings. The van der Waals surface area contributed by atoms with E-state index in [1.54, 1.807) is 0 Å². The van der Waals surface area contributed by atoms with Crippen molar-refractivity contribution in [1.29, 1.82) is 0 Å². The number of carbonyl (C=O) groups excluding carboxylic acids is 3. The minimum Gasteiger partial charge on any atom is -0.545 e. The molecular formula is C84H161NO8. The van der Waals surface area contributed by atoms with E-state index in [0.717, 1.165) is 44.9 Å². The van der Waals surface area contributed by atoms with Crippen LogP contribution in [-0.4, -0.2) is 82.3 Å². The molecule has 0 heterocycles. The number of likely N-dealkylation sites (N-methyl/N-ethyl adjacent to an activating group) is 1. The number of aliphatic carboxylic acids is 1. The summed E-state index contributed by atoms with van der Waals surface area (Å²) < 4.78 is 22.9. The first-order valence-corrected chi connectivity index (χ1v) is 41.5. The number of hydrogen-bond acceptors (Lipinski definition) is 8. The van der Waals surface area contributed by atoms with Gasteiger partial charge in [-0.2, -0.15) is 0 Å². The summed E-state index contributed by atoms with van der Waals surface area (Å²) >= 11 is 0. The quantitative estimate of drug-likeness (QED) is 0.0195. The summed E-state index contributed by atoms with van der Waals surface area (Å²) in [6.07, 6.45) is 93.2. The molecule has 0 saturated carbocycles. The third-order valence-electron chi connectivity index (χ3n) is 19.2. The number of esters is 2. The van der Waals surface area contributed by atoms with Crippen molar-refractivity contribution in [2.45, 2.75) is 450 Å². The predicted octanol–water partition coefficient (Wildman–Crippen LogP) is 25.2. The molecule has 0 amide bonds. The van der Waals surface area contributed by atoms with Crippen LogP contribution in [-0.2, 0) is 33.3 Å². The Morgan fingerprint density at radius 1 is 0.323 bits per heavy atom. The molecule has 0 fully saturated rings. The molecule has 0 bridgehead atoms. The van der Waals surface area contributed by atoms with E-state index in [4.69, 9.17) is 18.9 Å². The van der Waals surface area contributed by atoms with E-state index in [-0.39, 0.29) is 32.2 Å². The van der Waals surface area contributed by atoms with Gasteiger partial charge < -0.3 is 33.3 Å². The topological polar surface area (TPSA) is 111 Å². The average Bonchev–Trinajstić information content (AvgIpc) is 3.38. The number of carboxylic acid groups (broad SMARTS) is 1. The van der Waals surface area contributed by atoms with Crippen LogP contribution in [0.2, 0.25) is 0 Å². The lowest BCUT2D eigenvalue weighted by atomic mass is 10.0. The fourth-order valence-corrected chi connectivity index (χ4v) is 12.9. The molecule has 0 aromatic carbocycles. The van der Waals surface area contributed by atoms with Crippen LogP contribution in [0.25, 0.3) is 0 Å². The maximum atomic E-state index is 13.0. The van der Waals surface area contributed by atoms with Crippen molar-refractivity contribution in [3.8, 4) is 0 Å². The Balaban J connectivity index is 3.92. The molecule has 0 rings (SSSR count). The smallest absolute Gasteiger partial charge is 0.306 e. The number of ether oxygens (including phenoxy) is 4. The highest BCUT2D eigenvalue weighted by Gasteiger charge is 2.22. The first-order chi connectivity index (χ1) is 45.6. The second-order valence-corrected chi connectivity index (χ2v) is 29.8. The summed E-state index contributed by atoms with van der Waals surface area (Å²) in [5, 5.41) is 11.9. The number of quaternary nitrogens is 1. The molecule has 2 atom stereocenters. The van der Waals surface area contributed by atoms with Crippen molar-refractivity contribution in [3.63, 3.8) is 0 Å². The highest BCUT2D eigenvalue weighted by Crippen LogP contribution is 2.21. The van der Waals surface area contributed by atoms with Crippen LogP contribution in [0.1, 0.15) is 438 Å². The number of hydrogen-bond donors (Lipinski definition) is 0. The molecular weight excluding hydrogens is 1150 g/mol. The molecule has 9 heteroatoms. The van der Waals surface area contributed by atoms with E-state index in [2.05, 4.69) is 38.2 Å². The van der Waals surface area contributed by atoms with E-state index in [1.807, 2.05) is 21.1 Å². The van der Waals surface area contributed by atoms with Crippen LogP contribution in [0.5, 0.6) is 0 Å². The summed E-state index contributed by atoms with van der Waals surface area (Å²) in [5.74, 6) is -2.24. The van der Waals surface area contributed by atoms with E-state index in [0.29, 0.717) is 17.4 Å². The monoisotopic (exact) mass is 1310 g/mol. The summed E-state index contributed by atoms with van der Waals surface area (Å²) in [4.78, 5) is 37.6. The summed E-state index contributed by atoms with van der Waals surface area (Å²) in [7, 11) is 5.96. The Kier molecular flexibility index (Phi) is 73.7. The third kappa shape index (κ3) is 77.0. The number of rotatable bonds is 79. The molecule has 0 aromatic rings. The molecule has 550 valence electrons. The molecule has 9 nitrogen and oxygen atoms in total. The summed E-state index contributed by atoms with van der Waals surface area (Å²) in [5.41, 5.74) is 0. The van der Waals surface area contributed by atoms with Gasteiger partial charge in [0.2, 0.25) is 0 Å². The van der Waals surface area contributed by atoms with Gasteiger partial charge in [-0.15, -0.1) is 0 Å². The van der Waals surface area contributed by atoms with Gasteiger partial charge in [-0.05, 0) is 44.9 Å². The standard InChI is InChI=1S/C84H161NO8/c1-6-8-10-12-14-16-18-20-22-24-26-28-30-32-34-36-37-38-39-40-41-42-43-44-45-47-49-51-53-55-57-59-61-63-65-67-69-71-73-75-82(87)93-80(79-92-84(83(88)89)90-77-76-85(3,4)5)78-91-81(86)74-72-70-68-66-64-62-60-58-56-54-52-50-48-46-35-33-31-29-27-25-23-21-19-17-15-13-11-9-7-2/h18,20,24,26,80,84H,6-17,19,21-23,25,27-79H2,1-5H3/b20-18-,26-24-. The lowest BCUT2D eigenvalue weighted by molar-refractivity contribution is -0.870. The zero-order chi connectivity index (χ0) is 67.5. The van der Waals surface area contributed by atoms with Gasteiger partial charge in [0, 0.05) is 12.8 Å². The Morgan fingerprint density at radius 2 is 0.581 bits per heavy atom. The van der Waals surface area contributed by atoms with Crippen LogP contribution >= 0.6 is 0 Å². The van der Waals surface area contributed by atoms with Crippen molar-refractivity contribution < 1.29 is 42.9 Å². The molecule has 0 aromatic heterocycles. The van der Waals surface area contributed by atoms with Gasteiger partial charge in [0.1, 0.15) is 13.2 Å². The second kappa shape index (κ2) is 75.5. The van der Waals surface area contributed by atoms with Gasteiger partial charge in [-0.1, -0.05) is 404 Å². The number of nitrogens with zero attached hydrogens (tertiary/aromatic N) is 1. The minimum absolute atomic E-state index is 0.153. The largest absolute Gasteiger partial charge is 0.545 e. The van der Waals surface area contributed by atoms with Crippen LogP contribution in [0, 0.1) is 0 Å². The normalized spacial score (nSPS) is 12.7. The lowest BCUT2D eigenvalue weighted by Crippen LogP contribution is -2.44. The molecule has 2 unspecified atom stereocenters. The van der Waals surface area contributed by atoms with Crippen LogP contribution < -0.4 is 5.11 Å². The zero-order valence-corrected chi connectivity index (χ0v) is 63.2. The van der Waals surface area contributed by atoms with E-state index >= 15 is 0 Å². The molecule has 0 N–H and O–H groups in total. The Labute approximate surface area is 579 Å². The van der Waals surface area contributed by atoms with Crippen molar-refractivity contribution >= 4 is 17.9 Å². The molecule has 0 radical (unpaired) electrons.